The van der Waals surface area contributed by atoms with Crippen molar-refractivity contribution in [2.75, 3.05) is 27.2 Å². The molecule has 29 heavy (non-hydrogen) atoms. The Morgan fingerprint density at radius 1 is 0.966 bits per heavy atom. The molecule has 0 unspecified atom stereocenters. The van der Waals surface area contributed by atoms with E-state index < -0.39 is 0 Å². The molecule has 2 aromatic rings. The molecule has 0 aliphatic carbocycles. The second-order valence-electron chi connectivity index (χ2n) is 7.68. The summed E-state index contributed by atoms with van der Waals surface area (Å²) in [5.41, 5.74) is 2.14. The molecule has 0 saturated carbocycles. The lowest BCUT2D eigenvalue weighted by atomic mass is 10.1. The average molecular weight is 394 g/mol. The summed E-state index contributed by atoms with van der Waals surface area (Å²) in [5.74, 6) is -0.601. The summed E-state index contributed by atoms with van der Waals surface area (Å²) in [6.07, 6.45) is 1.63. The topological polar surface area (TPSA) is 70.9 Å². The number of hydrogen-bond donors (Lipinski definition) is 2. The van der Waals surface area contributed by atoms with Crippen molar-refractivity contribution in [2.45, 2.75) is 25.3 Å². The number of imide groups is 1. The van der Waals surface area contributed by atoms with E-state index in [1.807, 2.05) is 18.2 Å². The lowest BCUT2D eigenvalue weighted by Crippen LogP contribution is -3.11. The van der Waals surface area contributed by atoms with Crippen molar-refractivity contribution in [3.63, 3.8) is 0 Å². The fourth-order valence-electron chi connectivity index (χ4n) is 3.54. The van der Waals surface area contributed by atoms with Gasteiger partial charge in [0.1, 0.15) is 6.04 Å². The SMILES string of the molecule is C[NH+](C)[C@@H](CNC(=O)CCCN1C(=O)c2ccccc2C1=O)Cc1ccccc1. The molecular formula is C23H28N3O3+. The summed E-state index contributed by atoms with van der Waals surface area (Å²) >= 11 is 0. The molecule has 2 aromatic carbocycles. The summed E-state index contributed by atoms with van der Waals surface area (Å²) in [7, 11) is 4.17. The molecule has 1 heterocycles. The highest BCUT2D eigenvalue weighted by Gasteiger charge is 2.34. The number of amides is 3. The summed E-state index contributed by atoms with van der Waals surface area (Å²) in [6.45, 7) is 0.842. The van der Waals surface area contributed by atoms with E-state index in [-0.39, 0.29) is 36.7 Å². The van der Waals surface area contributed by atoms with E-state index in [2.05, 4.69) is 31.5 Å². The van der Waals surface area contributed by atoms with E-state index >= 15 is 0 Å². The summed E-state index contributed by atoms with van der Waals surface area (Å²) in [6, 6.07) is 17.3. The van der Waals surface area contributed by atoms with Gasteiger partial charge < -0.3 is 10.2 Å². The highest BCUT2D eigenvalue weighted by molar-refractivity contribution is 6.21. The third-order valence-electron chi connectivity index (χ3n) is 5.35. The molecule has 1 aliphatic rings. The third-order valence-corrected chi connectivity index (χ3v) is 5.35. The summed E-state index contributed by atoms with van der Waals surface area (Å²) in [5, 5.41) is 3.00. The van der Waals surface area contributed by atoms with E-state index in [1.54, 1.807) is 24.3 Å². The monoisotopic (exact) mass is 394 g/mol. The lowest BCUT2D eigenvalue weighted by Gasteiger charge is -2.22. The van der Waals surface area contributed by atoms with E-state index in [4.69, 9.17) is 0 Å². The van der Waals surface area contributed by atoms with Crippen LogP contribution in [0.1, 0.15) is 39.1 Å². The van der Waals surface area contributed by atoms with Gasteiger partial charge in [-0.1, -0.05) is 42.5 Å². The van der Waals surface area contributed by atoms with Crippen LogP contribution in [0.5, 0.6) is 0 Å². The first-order chi connectivity index (χ1) is 14.0. The van der Waals surface area contributed by atoms with Crippen molar-refractivity contribution in [1.82, 2.24) is 10.2 Å². The Labute approximate surface area is 171 Å². The van der Waals surface area contributed by atoms with Crippen molar-refractivity contribution in [2.24, 2.45) is 0 Å². The zero-order valence-corrected chi connectivity index (χ0v) is 17.0. The number of quaternary nitrogens is 1. The van der Waals surface area contributed by atoms with Crippen molar-refractivity contribution < 1.29 is 19.3 Å². The van der Waals surface area contributed by atoms with Gasteiger partial charge in [-0.2, -0.15) is 0 Å². The van der Waals surface area contributed by atoms with Crippen molar-refractivity contribution in [3.05, 3.63) is 71.3 Å². The minimum atomic E-state index is -0.273. The van der Waals surface area contributed by atoms with E-state index in [0.29, 0.717) is 24.1 Å². The minimum absolute atomic E-state index is 0.0547. The van der Waals surface area contributed by atoms with Crippen LogP contribution >= 0.6 is 0 Å². The van der Waals surface area contributed by atoms with E-state index in [9.17, 15) is 14.4 Å². The maximum atomic E-state index is 12.3. The first-order valence-corrected chi connectivity index (χ1v) is 10.0. The molecule has 6 heteroatoms. The lowest BCUT2D eigenvalue weighted by molar-refractivity contribution is -0.884. The first kappa shape index (κ1) is 20.7. The number of likely N-dealkylation sites (N-methyl/N-ethyl adjacent to an activating group) is 1. The maximum Gasteiger partial charge on any atom is 0.261 e. The fourth-order valence-corrected chi connectivity index (χ4v) is 3.54. The molecule has 3 rings (SSSR count). The first-order valence-electron chi connectivity index (χ1n) is 10.0. The molecule has 0 spiro atoms. The van der Waals surface area contributed by atoms with E-state index in [0.717, 1.165) is 6.42 Å². The van der Waals surface area contributed by atoms with Crippen molar-refractivity contribution in [3.8, 4) is 0 Å². The predicted molar refractivity (Wildman–Crippen MR) is 111 cm³/mol. The number of benzene rings is 2. The smallest absolute Gasteiger partial charge is 0.261 e. The number of nitrogens with zero attached hydrogens (tertiary/aromatic N) is 1. The number of nitrogens with one attached hydrogen (secondary N) is 2. The molecule has 3 amide bonds. The van der Waals surface area contributed by atoms with Gasteiger partial charge in [0.25, 0.3) is 11.8 Å². The number of carbonyl (C=O) groups is 3. The van der Waals surface area contributed by atoms with Crippen LogP contribution in [-0.4, -0.2) is 55.8 Å². The van der Waals surface area contributed by atoms with Gasteiger partial charge in [0, 0.05) is 19.4 Å². The molecule has 1 aliphatic heterocycles. The minimum Gasteiger partial charge on any atom is -0.350 e. The van der Waals surface area contributed by atoms with Gasteiger partial charge in [0.2, 0.25) is 5.91 Å². The molecule has 0 aromatic heterocycles. The van der Waals surface area contributed by atoms with Crippen LogP contribution < -0.4 is 10.2 Å². The van der Waals surface area contributed by atoms with Crippen LogP contribution in [0.3, 0.4) is 0 Å². The Hall–Kier alpha value is -2.99. The van der Waals surface area contributed by atoms with Gasteiger partial charge in [-0.3, -0.25) is 19.3 Å². The summed E-state index contributed by atoms with van der Waals surface area (Å²) < 4.78 is 0. The van der Waals surface area contributed by atoms with Crippen molar-refractivity contribution in [1.29, 1.82) is 0 Å². The largest absolute Gasteiger partial charge is 0.350 e. The highest BCUT2D eigenvalue weighted by Crippen LogP contribution is 2.22. The zero-order valence-electron chi connectivity index (χ0n) is 17.0. The van der Waals surface area contributed by atoms with Crippen LogP contribution in [0.4, 0.5) is 0 Å². The van der Waals surface area contributed by atoms with Gasteiger partial charge in [-0.05, 0) is 24.1 Å². The Balaban J connectivity index is 1.44. The number of carbonyl (C=O) groups excluding carboxylic acids is 3. The van der Waals surface area contributed by atoms with Gasteiger partial charge in [-0.15, -0.1) is 0 Å². The van der Waals surface area contributed by atoms with Crippen LogP contribution in [-0.2, 0) is 11.2 Å². The molecule has 6 nitrogen and oxygen atoms in total. The van der Waals surface area contributed by atoms with Crippen LogP contribution in [0.25, 0.3) is 0 Å². The normalized spacial score (nSPS) is 14.2. The molecule has 1 atom stereocenters. The molecule has 0 bridgehead atoms. The number of hydrogen-bond acceptors (Lipinski definition) is 3. The Morgan fingerprint density at radius 2 is 1.55 bits per heavy atom. The van der Waals surface area contributed by atoms with Crippen LogP contribution in [0.2, 0.25) is 0 Å². The van der Waals surface area contributed by atoms with Gasteiger partial charge in [-0.25, -0.2) is 0 Å². The van der Waals surface area contributed by atoms with E-state index in [1.165, 1.54) is 15.4 Å². The molecule has 152 valence electrons. The molecule has 0 radical (unpaired) electrons. The van der Waals surface area contributed by atoms with Gasteiger partial charge in [0.15, 0.2) is 0 Å². The maximum absolute atomic E-state index is 12.3. The molecule has 2 N–H and O–H groups in total. The second kappa shape index (κ2) is 9.47. The molecular weight excluding hydrogens is 366 g/mol. The Kier molecular flexibility index (Phi) is 6.77. The highest BCUT2D eigenvalue weighted by atomic mass is 16.2. The second-order valence-corrected chi connectivity index (χ2v) is 7.68. The zero-order chi connectivity index (χ0) is 20.8. The van der Waals surface area contributed by atoms with Crippen LogP contribution in [0, 0.1) is 0 Å². The standard InChI is InChI=1S/C23H27N3O3/c1-25(2)18(15-17-9-4-3-5-10-17)16-24-21(27)13-8-14-26-22(28)19-11-6-7-12-20(19)23(26)29/h3-7,9-12,18H,8,13-16H2,1-2H3,(H,24,27)/p+1/t18-/m1/s1. The Morgan fingerprint density at radius 3 is 2.14 bits per heavy atom. The fraction of sp³-hybridized carbons (Fsp3) is 0.348. The third kappa shape index (κ3) is 5.09. The molecule has 0 fully saturated rings. The average Bonchev–Trinajstić information content (AvgIpc) is 2.97. The van der Waals surface area contributed by atoms with Gasteiger partial charge in [0.05, 0.1) is 31.8 Å². The van der Waals surface area contributed by atoms with Gasteiger partial charge >= 0.3 is 0 Å². The quantitative estimate of drug-likeness (QED) is 0.622. The van der Waals surface area contributed by atoms with Crippen LogP contribution in [0.15, 0.2) is 54.6 Å². The predicted octanol–water partition coefficient (Wildman–Crippen LogP) is 0.935. The number of fused-ring (bicyclic) bond motifs is 1. The number of rotatable bonds is 9. The summed E-state index contributed by atoms with van der Waals surface area (Å²) in [4.78, 5) is 39.5. The molecule has 0 saturated heterocycles. The van der Waals surface area contributed by atoms with Crippen molar-refractivity contribution >= 4 is 17.7 Å². The Bertz CT molecular complexity index is 845.